The van der Waals surface area contributed by atoms with Crippen LogP contribution in [0.15, 0.2) is 72.8 Å². The van der Waals surface area contributed by atoms with Crippen molar-refractivity contribution >= 4 is 47.1 Å². The molecule has 128 valence electrons. The summed E-state index contributed by atoms with van der Waals surface area (Å²) < 4.78 is 0. The Balaban J connectivity index is 2.07. The highest BCUT2D eigenvalue weighted by Gasteiger charge is 2.49. The van der Waals surface area contributed by atoms with Crippen LogP contribution in [0.3, 0.4) is 0 Å². The van der Waals surface area contributed by atoms with Gasteiger partial charge in [0.1, 0.15) is 0 Å². The van der Waals surface area contributed by atoms with Gasteiger partial charge in [-0.1, -0.05) is 109 Å². The van der Waals surface area contributed by atoms with Gasteiger partial charge < -0.3 is 0 Å². The predicted molar refractivity (Wildman–Crippen MR) is 121 cm³/mol. The highest BCUT2D eigenvalue weighted by atomic mass is 29.3. The van der Waals surface area contributed by atoms with Gasteiger partial charge in [0.25, 0.3) is 0 Å². The quantitative estimate of drug-likeness (QED) is 0.355. The highest BCUT2D eigenvalue weighted by Crippen LogP contribution is 2.39. The summed E-state index contributed by atoms with van der Waals surface area (Å²) in [6.07, 6.45) is 0. The first-order valence-corrected chi connectivity index (χ1v) is 16.5. The van der Waals surface area contributed by atoms with Gasteiger partial charge in [-0.3, -0.25) is 0 Å². The Kier molecular flexibility index (Phi) is 3.20. The Morgan fingerprint density at radius 2 is 0.846 bits per heavy atom. The molecule has 0 saturated heterocycles. The first-order chi connectivity index (χ1) is 12.4. The Morgan fingerprint density at radius 3 is 1.27 bits per heavy atom. The van der Waals surface area contributed by atoms with Crippen LogP contribution in [0.2, 0.25) is 26.2 Å². The number of rotatable bonds is 0. The molecule has 1 aliphatic heterocycles. The van der Waals surface area contributed by atoms with Gasteiger partial charge in [-0.05, 0) is 32.7 Å². The molecule has 0 aliphatic carbocycles. The Labute approximate surface area is 157 Å². The van der Waals surface area contributed by atoms with E-state index in [0.717, 1.165) is 0 Å². The molecular formula is C24H24Si2. The average Bonchev–Trinajstić information content (AvgIpc) is 2.65. The van der Waals surface area contributed by atoms with Crippen LogP contribution in [0.25, 0.3) is 32.7 Å². The second-order valence-electron chi connectivity index (χ2n) is 8.67. The van der Waals surface area contributed by atoms with Crippen molar-refractivity contribution in [2.24, 2.45) is 0 Å². The predicted octanol–water partition coefficient (Wildman–Crippen LogP) is 5.58. The maximum Gasteiger partial charge on any atom is 0.0800 e. The highest BCUT2D eigenvalue weighted by molar-refractivity contribution is 7.51. The smallest absolute Gasteiger partial charge is 0.0671 e. The lowest BCUT2D eigenvalue weighted by molar-refractivity contribution is 1.66. The van der Waals surface area contributed by atoms with Gasteiger partial charge in [0.05, 0.1) is 15.2 Å². The minimum atomic E-state index is -1.56. The molecule has 1 heterocycles. The van der Waals surface area contributed by atoms with Gasteiger partial charge in [0.2, 0.25) is 0 Å². The zero-order valence-electron chi connectivity index (χ0n) is 15.9. The van der Waals surface area contributed by atoms with Crippen molar-refractivity contribution in [3.63, 3.8) is 0 Å². The van der Waals surface area contributed by atoms with Crippen LogP contribution in [0.1, 0.15) is 0 Å². The van der Waals surface area contributed by atoms with Crippen molar-refractivity contribution in [3.8, 4) is 11.1 Å². The van der Waals surface area contributed by atoms with Crippen LogP contribution in [0, 0.1) is 0 Å². The number of fused-ring (bicyclic) bond motifs is 7. The van der Waals surface area contributed by atoms with Crippen molar-refractivity contribution in [2.75, 3.05) is 0 Å². The van der Waals surface area contributed by atoms with E-state index in [-0.39, 0.29) is 0 Å². The molecule has 4 aromatic carbocycles. The molecule has 0 spiro atoms. The summed E-state index contributed by atoms with van der Waals surface area (Å²) in [5, 5.41) is 8.89. The molecule has 0 unspecified atom stereocenters. The number of hydrogen-bond acceptors (Lipinski definition) is 0. The lowest BCUT2D eigenvalue weighted by Gasteiger charge is -2.46. The van der Waals surface area contributed by atoms with Gasteiger partial charge in [-0.25, -0.2) is 0 Å². The van der Waals surface area contributed by atoms with Gasteiger partial charge in [0, 0.05) is 0 Å². The SMILES string of the molecule is C[Si]1(C)c2ccc3ccccc3c2-c2c(ccc3ccccc23)[Si]1(C)C. The van der Waals surface area contributed by atoms with Crippen molar-refractivity contribution in [1.82, 2.24) is 0 Å². The first kappa shape index (κ1) is 16.0. The van der Waals surface area contributed by atoms with E-state index in [9.17, 15) is 0 Å². The summed E-state index contributed by atoms with van der Waals surface area (Å²) in [5.74, 6) is 0. The van der Waals surface area contributed by atoms with Crippen molar-refractivity contribution < 1.29 is 0 Å². The Hall–Kier alpha value is -2.17. The molecule has 0 N–H and O–H groups in total. The Bertz CT molecular complexity index is 1090. The third-order valence-electron chi connectivity index (χ3n) is 7.02. The van der Waals surface area contributed by atoms with Gasteiger partial charge in [0.15, 0.2) is 0 Å². The van der Waals surface area contributed by atoms with Gasteiger partial charge in [-0.15, -0.1) is 0 Å². The van der Waals surface area contributed by atoms with Crippen molar-refractivity contribution in [3.05, 3.63) is 72.8 Å². The van der Waals surface area contributed by atoms with Crippen LogP contribution in [0.5, 0.6) is 0 Å². The molecule has 5 rings (SSSR count). The molecule has 0 nitrogen and oxygen atoms in total. The molecule has 1 aliphatic rings. The third kappa shape index (κ3) is 1.89. The second-order valence-corrected chi connectivity index (χ2v) is 23.7. The van der Waals surface area contributed by atoms with E-state index in [1.807, 2.05) is 0 Å². The molecule has 0 radical (unpaired) electrons. The summed E-state index contributed by atoms with van der Waals surface area (Å²) in [6.45, 7) is 10.4. The van der Waals surface area contributed by atoms with Crippen LogP contribution >= 0.6 is 0 Å². The summed E-state index contributed by atoms with van der Waals surface area (Å²) >= 11 is 0. The second kappa shape index (κ2) is 5.18. The van der Waals surface area contributed by atoms with E-state index >= 15 is 0 Å². The maximum absolute atomic E-state index is 2.60. The monoisotopic (exact) mass is 368 g/mol. The molecule has 0 aromatic heterocycles. The molecule has 0 amide bonds. The Morgan fingerprint density at radius 1 is 0.462 bits per heavy atom. The van der Waals surface area contributed by atoms with E-state index in [2.05, 4.69) is 99.0 Å². The van der Waals surface area contributed by atoms with Crippen LogP contribution in [-0.2, 0) is 0 Å². The third-order valence-corrected chi connectivity index (χ3v) is 24.7. The standard InChI is InChI=1S/C24H24Si2/c1-25(2)21-15-13-17-9-5-7-11-19(17)23(21)24-20-12-8-6-10-18(20)14-16-22(24)26(25,3)4/h5-16H,1-4H3. The molecule has 2 heteroatoms. The van der Waals surface area contributed by atoms with Gasteiger partial charge >= 0.3 is 0 Å². The van der Waals surface area contributed by atoms with Crippen LogP contribution in [0.4, 0.5) is 0 Å². The van der Waals surface area contributed by atoms with E-state index in [1.54, 1.807) is 10.4 Å². The lowest BCUT2D eigenvalue weighted by Crippen LogP contribution is -2.72. The maximum atomic E-state index is 2.60. The minimum Gasteiger partial charge on any atom is -0.0671 e. The fourth-order valence-electron chi connectivity index (χ4n) is 4.80. The van der Waals surface area contributed by atoms with Crippen molar-refractivity contribution in [1.29, 1.82) is 0 Å². The fraction of sp³-hybridized carbons (Fsp3) is 0.167. The topological polar surface area (TPSA) is 0 Å². The van der Waals surface area contributed by atoms with Crippen LogP contribution < -0.4 is 10.4 Å². The van der Waals surface area contributed by atoms with E-state index < -0.39 is 15.2 Å². The zero-order valence-corrected chi connectivity index (χ0v) is 17.9. The van der Waals surface area contributed by atoms with E-state index in [1.165, 1.54) is 32.7 Å². The van der Waals surface area contributed by atoms with Crippen LogP contribution in [-0.4, -0.2) is 15.2 Å². The first-order valence-electron chi connectivity index (χ1n) is 9.48. The van der Waals surface area contributed by atoms with E-state index in [4.69, 9.17) is 0 Å². The molecule has 0 fully saturated rings. The normalized spacial score (nSPS) is 17.1. The summed E-state index contributed by atoms with van der Waals surface area (Å²) in [6, 6.07) is 27.5. The molecule has 0 bridgehead atoms. The summed E-state index contributed by atoms with van der Waals surface area (Å²) in [5.41, 5.74) is 3.05. The molecule has 0 atom stereocenters. The molecule has 0 saturated carbocycles. The van der Waals surface area contributed by atoms with Gasteiger partial charge in [-0.2, -0.15) is 0 Å². The fourth-order valence-corrected chi connectivity index (χ4v) is 14.2. The lowest BCUT2D eigenvalue weighted by atomic mass is 9.93. The minimum absolute atomic E-state index is 1.36. The number of benzene rings is 4. The molecular weight excluding hydrogens is 344 g/mol. The zero-order chi connectivity index (χ0) is 18.1. The number of hydrogen-bond donors (Lipinski definition) is 0. The summed E-state index contributed by atoms with van der Waals surface area (Å²) in [4.78, 5) is 0. The van der Waals surface area contributed by atoms with E-state index in [0.29, 0.717) is 0 Å². The molecule has 4 aromatic rings. The largest absolute Gasteiger partial charge is 0.0800 e. The average molecular weight is 369 g/mol. The van der Waals surface area contributed by atoms with Crippen molar-refractivity contribution in [2.45, 2.75) is 26.2 Å². The molecule has 26 heavy (non-hydrogen) atoms. The summed E-state index contributed by atoms with van der Waals surface area (Å²) in [7, 11) is -3.11.